The second-order valence-corrected chi connectivity index (χ2v) is 4.39. The first-order valence-electron chi connectivity index (χ1n) is 6.60. The highest BCUT2D eigenvalue weighted by Crippen LogP contribution is 2.23. The minimum atomic E-state index is -0.404. The van der Waals surface area contributed by atoms with Crippen LogP contribution in [-0.2, 0) is 11.3 Å². The average Bonchev–Trinajstić information content (AvgIpc) is 2.52. The molecule has 2 aromatic rings. The number of rotatable bonds is 7. The highest BCUT2D eigenvalue weighted by molar-refractivity contribution is 5.57. The molecule has 2 rings (SSSR count). The molecule has 0 fully saturated rings. The van der Waals surface area contributed by atoms with Crippen LogP contribution in [0.4, 0.5) is 4.39 Å². The SMILES string of the molecule is COCCNCc1ccnc(-c2ccc(F)c(OC)c2)n1. The van der Waals surface area contributed by atoms with Crippen LogP contribution < -0.4 is 10.1 Å². The number of ether oxygens (including phenoxy) is 2. The lowest BCUT2D eigenvalue weighted by Crippen LogP contribution is -2.19. The Hall–Kier alpha value is -2.05. The highest BCUT2D eigenvalue weighted by Gasteiger charge is 2.08. The summed E-state index contributed by atoms with van der Waals surface area (Å²) in [5.41, 5.74) is 1.58. The monoisotopic (exact) mass is 291 g/mol. The number of nitrogens with zero attached hydrogens (tertiary/aromatic N) is 2. The molecule has 5 nitrogen and oxygen atoms in total. The number of nitrogens with one attached hydrogen (secondary N) is 1. The molecule has 0 aliphatic rings. The normalized spacial score (nSPS) is 10.6. The zero-order valence-corrected chi connectivity index (χ0v) is 12.1. The van der Waals surface area contributed by atoms with Gasteiger partial charge in [0.15, 0.2) is 17.4 Å². The fraction of sp³-hybridized carbons (Fsp3) is 0.333. The van der Waals surface area contributed by atoms with Gasteiger partial charge in [-0.25, -0.2) is 14.4 Å². The van der Waals surface area contributed by atoms with Gasteiger partial charge in [0.1, 0.15) is 0 Å². The molecule has 1 N–H and O–H groups in total. The first-order chi connectivity index (χ1) is 10.2. The van der Waals surface area contributed by atoms with Crippen LogP contribution in [0.2, 0.25) is 0 Å². The summed E-state index contributed by atoms with van der Waals surface area (Å²) in [5, 5.41) is 3.21. The first kappa shape index (κ1) is 15.3. The third-order valence-electron chi connectivity index (χ3n) is 2.91. The molecule has 0 saturated carbocycles. The minimum Gasteiger partial charge on any atom is -0.494 e. The van der Waals surface area contributed by atoms with Gasteiger partial charge in [-0.1, -0.05) is 0 Å². The van der Waals surface area contributed by atoms with E-state index in [0.717, 1.165) is 12.2 Å². The summed E-state index contributed by atoms with van der Waals surface area (Å²) < 4.78 is 23.4. The van der Waals surface area contributed by atoms with Gasteiger partial charge in [-0.3, -0.25) is 0 Å². The molecule has 0 saturated heterocycles. The molecule has 0 spiro atoms. The van der Waals surface area contributed by atoms with Crippen LogP contribution in [-0.4, -0.2) is 37.3 Å². The van der Waals surface area contributed by atoms with E-state index in [-0.39, 0.29) is 5.75 Å². The van der Waals surface area contributed by atoms with Crippen LogP contribution in [0.25, 0.3) is 11.4 Å². The van der Waals surface area contributed by atoms with Gasteiger partial charge in [-0.05, 0) is 24.3 Å². The number of hydrogen-bond donors (Lipinski definition) is 1. The van der Waals surface area contributed by atoms with E-state index in [1.165, 1.54) is 13.2 Å². The van der Waals surface area contributed by atoms with Crippen molar-refractivity contribution in [2.75, 3.05) is 27.4 Å². The van der Waals surface area contributed by atoms with Crippen LogP contribution in [0, 0.1) is 5.82 Å². The lowest BCUT2D eigenvalue weighted by molar-refractivity contribution is 0.199. The third kappa shape index (κ3) is 4.21. The van der Waals surface area contributed by atoms with Crippen molar-refractivity contribution in [3.05, 3.63) is 42.0 Å². The van der Waals surface area contributed by atoms with Crippen LogP contribution >= 0.6 is 0 Å². The maximum Gasteiger partial charge on any atom is 0.165 e. The van der Waals surface area contributed by atoms with Crippen LogP contribution in [0.5, 0.6) is 5.75 Å². The molecule has 0 radical (unpaired) electrons. The Balaban J connectivity index is 2.13. The van der Waals surface area contributed by atoms with Crippen molar-refractivity contribution in [2.24, 2.45) is 0 Å². The van der Waals surface area contributed by atoms with E-state index in [4.69, 9.17) is 9.47 Å². The second-order valence-electron chi connectivity index (χ2n) is 4.39. The summed E-state index contributed by atoms with van der Waals surface area (Å²) in [5.74, 6) is 0.317. The van der Waals surface area contributed by atoms with E-state index < -0.39 is 5.82 Å². The molecule has 0 atom stereocenters. The maximum atomic E-state index is 13.4. The zero-order chi connectivity index (χ0) is 15.1. The van der Waals surface area contributed by atoms with Crippen LogP contribution in [0.1, 0.15) is 5.69 Å². The Morgan fingerprint density at radius 1 is 1.24 bits per heavy atom. The summed E-state index contributed by atoms with van der Waals surface area (Å²) in [7, 11) is 3.09. The van der Waals surface area contributed by atoms with Gasteiger partial charge in [0.25, 0.3) is 0 Å². The molecule has 1 heterocycles. The number of benzene rings is 1. The molecule has 0 aliphatic carbocycles. The summed E-state index contributed by atoms with van der Waals surface area (Å²) in [6.07, 6.45) is 1.69. The summed E-state index contributed by atoms with van der Waals surface area (Å²) in [4.78, 5) is 8.67. The highest BCUT2D eigenvalue weighted by atomic mass is 19.1. The van der Waals surface area contributed by atoms with E-state index in [9.17, 15) is 4.39 Å². The summed E-state index contributed by atoms with van der Waals surface area (Å²) >= 11 is 0. The molecule has 0 aliphatic heterocycles. The number of hydrogen-bond acceptors (Lipinski definition) is 5. The second kappa shape index (κ2) is 7.66. The topological polar surface area (TPSA) is 56.3 Å². The van der Waals surface area contributed by atoms with Gasteiger partial charge < -0.3 is 14.8 Å². The largest absolute Gasteiger partial charge is 0.494 e. The minimum absolute atomic E-state index is 0.180. The zero-order valence-electron chi connectivity index (χ0n) is 12.1. The van der Waals surface area contributed by atoms with Crippen molar-refractivity contribution in [3.8, 4) is 17.1 Å². The maximum absolute atomic E-state index is 13.4. The predicted octanol–water partition coefficient (Wildman–Crippen LogP) is 2.03. The molecular formula is C15H18FN3O2. The van der Waals surface area contributed by atoms with Gasteiger partial charge in [0, 0.05) is 32.0 Å². The van der Waals surface area contributed by atoms with Gasteiger partial charge in [-0.2, -0.15) is 0 Å². The fourth-order valence-corrected chi connectivity index (χ4v) is 1.82. The Morgan fingerprint density at radius 2 is 2.10 bits per heavy atom. The number of halogens is 1. The Kier molecular flexibility index (Phi) is 5.59. The van der Waals surface area contributed by atoms with Crippen molar-refractivity contribution in [1.82, 2.24) is 15.3 Å². The molecule has 0 unspecified atom stereocenters. The molecule has 1 aromatic carbocycles. The fourth-order valence-electron chi connectivity index (χ4n) is 1.82. The first-order valence-corrected chi connectivity index (χ1v) is 6.60. The molecule has 0 amide bonds. The van der Waals surface area contributed by atoms with Crippen molar-refractivity contribution in [1.29, 1.82) is 0 Å². The average molecular weight is 291 g/mol. The van der Waals surface area contributed by atoms with Crippen LogP contribution in [0.3, 0.4) is 0 Å². The van der Waals surface area contributed by atoms with Crippen molar-refractivity contribution in [3.63, 3.8) is 0 Å². The Bertz CT molecular complexity index is 593. The van der Waals surface area contributed by atoms with Gasteiger partial charge in [-0.15, -0.1) is 0 Å². The van der Waals surface area contributed by atoms with E-state index >= 15 is 0 Å². The molecule has 21 heavy (non-hydrogen) atoms. The molecule has 112 valence electrons. The summed E-state index contributed by atoms with van der Waals surface area (Å²) in [6, 6.07) is 6.41. The van der Waals surface area contributed by atoms with Crippen molar-refractivity contribution in [2.45, 2.75) is 6.54 Å². The van der Waals surface area contributed by atoms with Crippen molar-refractivity contribution < 1.29 is 13.9 Å². The smallest absolute Gasteiger partial charge is 0.165 e. The molecular weight excluding hydrogens is 273 g/mol. The lowest BCUT2D eigenvalue weighted by Gasteiger charge is -2.07. The Morgan fingerprint density at radius 3 is 2.86 bits per heavy atom. The predicted molar refractivity (Wildman–Crippen MR) is 77.6 cm³/mol. The molecule has 1 aromatic heterocycles. The number of methoxy groups -OCH3 is 2. The van der Waals surface area contributed by atoms with Crippen molar-refractivity contribution >= 4 is 0 Å². The standard InChI is InChI=1S/C15H18FN3O2/c1-20-8-7-17-10-12-5-6-18-15(19-12)11-3-4-13(16)14(9-11)21-2/h3-6,9,17H,7-8,10H2,1-2H3. The van der Waals surface area contributed by atoms with Gasteiger partial charge >= 0.3 is 0 Å². The van der Waals surface area contributed by atoms with E-state index in [1.807, 2.05) is 6.07 Å². The Labute approximate surface area is 123 Å². The van der Waals surface area contributed by atoms with E-state index in [1.54, 1.807) is 25.4 Å². The lowest BCUT2D eigenvalue weighted by atomic mass is 10.2. The molecule has 0 bridgehead atoms. The van der Waals surface area contributed by atoms with E-state index in [0.29, 0.717) is 24.5 Å². The third-order valence-corrected chi connectivity index (χ3v) is 2.91. The van der Waals surface area contributed by atoms with Gasteiger partial charge in [0.05, 0.1) is 19.4 Å². The summed E-state index contributed by atoms with van der Waals surface area (Å²) in [6.45, 7) is 2.02. The van der Waals surface area contributed by atoms with E-state index in [2.05, 4.69) is 15.3 Å². The molecule has 6 heteroatoms. The number of aromatic nitrogens is 2. The van der Waals surface area contributed by atoms with Gasteiger partial charge in [0.2, 0.25) is 0 Å². The quantitative estimate of drug-likeness (QED) is 0.791. The van der Waals surface area contributed by atoms with Crippen LogP contribution in [0.15, 0.2) is 30.5 Å².